The Bertz CT molecular complexity index is 1460. The van der Waals surface area contributed by atoms with Crippen LogP contribution in [0.15, 0.2) is 77.7 Å². The number of rotatable bonds is 12. The molecule has 1 aliphatic carbocycles. The van der Waals surface area contributed by atoms with Gasteiger partial charge in [-0.05, 0) is 80.3 Å². The minimum atomic E-state index is -4.16. The summed E-state index contributed by atoms with van der Waals surface area (Å²) in [6.45, 7) is 3.40. The van der Waals surface area contributed by atoms with Crippen LogP contribution in [0.3, 0.4) is 0 Å². The van der Waals surface area contributed by atoms with Gasteiger partial charge in [0, 0.05) is 17.6 Å². The summed E-state index contributed by atoms with van der Waals surface area (Å²) in [5.41, 5.74) is 2.08. The molecule has 0 saturated heterocycles. The van der Waals surface area contributed by atoms with Gasteiger partial charge in [0.15, 0.2) is 0 Å². The third kappa shape index (κ3) is 7.63. The zero-order chi connectivity index (χ0) is 30.3. The van der Waals surface area contributed by atoms with E-state index in [0.717, 1.165) is 41.1 Å². The average molecular weight is 612 g/mol. The summed E-state index contributed by atoms with van der Waals surface area (Å²) >= 11 is 6.02. The van der Waals surface area contributed by atoms with Crippen LogP contribution in [0.2, 0.25) is 5.02 Å². The number of aryl methyl sites for hydroxylation is 1. The maximum absolute atomic E-state index is 14.2. The van der Waals surface area contributed by atoms with E-state index in [9.17, 15) is 18.0 Å². The molecule has 0 spiro atoms. The number of anilines is 1. The van der Waals surface area contributed by atoms with E-state index in [1.54, 1.807) is 43.5 Å². The van der Waals surface area contributed by atoms with E-state index in [1.165, 1.54) is 29.2 Å². The van der Waals surface area contributed by atoms with Crippen LogP contribution in [-0.4, -0.2) is 50.9 Å². The fraction of sp³-hybridized carbons (Fsp3) is 0.375. The maximum Gasteiger partial charge on any atom is 0.264 e. The third-order valence-electron chi connectivity index (χ3n) is 7.60. The SMILES string of the molecule is CCC(C(=O)NC1CCCC1)N(Cc1ccc(OC)cc1)C(=O)CN(c1ccc(C)cc1)S(=O)(=O)c1ccc(Cl)cc1. The summed E-state index contributed by atoms with van der Waals surface area (Å²) in [6, 6.07) is 19.3. The van der Waals surface area contributed by atoms with Gasteiger partial charge in [0.1, 0.15) is 18.3 Å². The molecule has 8 nitrogen and oxygen atoms in total. The molecule has 1 fully saturated rings. The van der Waals surface area contributed by atoms with Crippen LogP contribution < -0.4 is 14.4 Å². The molecule has 1 atom stereocenters. The number of hydrogen-bond donors (Lipinski definition) is 1. The van der Waals surface area contributed by atoms with Gasteiger partial charge in [0.25, 0.3) is 10.0 Å². The van der Waals surface area contributed by atoms with Crippen LogP contribution >= 0.6 is 11.6 Å². The minimum absolute atomic E-state index is 0.00740. The fourth-order valence-electron chi connectivity index (χ4n) is 5.19. The van der Waals surface area contributed by atoms with Gasteiger partial charge in [0.05, 0.1) is 17.7 Å². The van der Waals surface area contributed by atoms with E-state index in [4.69, 9.17) is 16.3 Å². The highest BCUT2D eigenvalue weighted by Gasteiger charge is 2.34. The van der Waals surface area contributed by atoms with Gasteiger partial charge in [-0.1, -0.05) is 61.2 Å². The van der Waals surface area contributed by atoms with Crippen molar-refractivity contribution >= 4 is 39.1 Å². The minimum Gasteiger partial charge on any atom is -0.497 e. The molecule has 3 aromatic carbocycles. The molecule has 10 heteroatoms. The molecule has 1 N–H and O–H groups in total. The first-order valence-electron chi connectivity index (χ1n) is 14.2. The number of amides is 2. The Labute approximate surface area is 253 Å². The smallest absolute Gasteiger partial charge is 0.264 e. The Morgan fingerprint density at radius 1 is 0.976 bits per heavy atom. The zero-order valence-corrected chi connectivity index (χ0v) is 25.8. The summed E-state index contributed by atoms with van der Waals surface area (Å²) in [4.78, 5) is 29.2. The molecule has 1 saturated carbocycles. The highest BCUT2D eigenvalue weighted by atomic mass is 35.5. The quantitative estimate of drug-likeness (QED) is 0.283. The van der Waals surface area contributed by atoms with E-state index in [0.29, 0.717) is 22.9 Å². The van der Waals surface area contributed by atoms with Crippen LogP contribution in [0, 0.1) is 6.92 Å². The first-order valence-corrected chi connectivity index (χ1v) is 16.0. The number of halogens is 1. The highest BCUT2D eigenvalue weighted by molar-refractivity contribution is 7.92. The van der Waals surface area contributed by atoms with Gasteiger partial charge in [0.2, 0.25) is 11.8 Å². The van der Waals surface area contributed by atoms with Crippen molar-refractivity contribution in [3.63, 3.8) is 0 Å². The highest BCUT2D eigenvalue weighted by Crippen LogP contribution is 2.27. The lowest BCUT2D eigenvalue weighted by molar-refractivity contribution is -0.140. The molecule has 3 aromatic rings. The molecule has 2 amide bonds. The molecule has 0 radical (unpaired) electrons. The number of ether oxygens (including phenoxy) is 1. The van der Waals surface area contributed by atoms with Crippen LogP contribution in [0.4, 0.5) is 5.69 Å². The lowest BCUT2D eigenvalue weighted by atomic mass is 10.1. The van der Waals surface area contributed by atoms with Gasteiger partial charge in [-0.25, -0.2) is 8.42 Å². The lowest BCUT2D eigenvalue weighted by Gasteiger charge is -2.33. The fourth-order valence-corrected chi connectivity index (χ4v) is 6.73. The molecular formula is C32H38ClN3O5S. The summed E-state index contributed by atoms with van der Waals surface area (Å²) in [6.07, 6.45) is 4.31. The summed E-state index contributed by atoms with van der Waals surface area (Å²) < 4.78 is 34.2. The van der Waals surface area contributed by atoms with Crippen molar-refractivity contribution < 1.29 is 22.7 Å². The number of nitrogens with zero attached hydrogens (tertiary/aromatic N) is 2. The molecule has 1 unspecified atom stereocenters. The largest absolute Gasteiger partial charge is 0.497 e. The Morgan fingerprint density at radius 3 is 2.17 bits per heavy atom. The van der Waals surface area contributed by atoms with E-state index < -0.39 is 28.5 Å². The number of hydrogen-bond acceptors (Lipinski definition) is 5. The first-order chi connectivity index (χ1) is 20.1. The van der Waals surface area contributed by atoms with E-state index >= 15 is 0 Å². The number of carbonyl (C=O) groups is 2. The zero-order valence-electron chi connectivity index (χ0n) is 24.3. The van der Waals surface area contributed by atoms with Gasteiger partial charge in [-0.3, -0.25) is 13.9 Å². The van der Waals surface area contributed by atoms with Gasteiger partial charge in [-0.2, -0.15) is 0 Å². The Hall–Kier alpha value is -3.56. The number of methoxy groups -OCH3 is 1. The molecular weight excluding hydrogens is 574 g/mol. The topological polar surface area (TPSA) is 96.0 Å². The van der Waals surface area contributed by atoms with Crippen LogP contribution in [0.5, 0.6) is 5.75 Å². The first kappa shape index (κ1) is 31.4. The normalized spacial score (nSPS) is 14.3. The van der Waals surface area contributed by atoms with Crippen LogP contribution in [0.1, 0.15) is 50.2 Å². The van der Waals surface area contributed by atoms with Gasteiger partial charge >= 0.3 is 0 Å². The molecule has 0 aromatic heterocycles. The summed E-state index contributed by atoms with van der Waals surface area (Å²) in [5, 5.41) is 3.52. The number of nitrogens with one attached hydrogen (secondary N) is 1. The Balaban J connectivity index is 1.70. The van der Waals surface area contributed by atoms with Crippen LogP contribution in [-0.2, 0) is 26.2 Å². The Morgan fingerprint density at radius 2 is 1.60 bits per heavy atom. The second kappa shape index (κ2) is 14.1. The van der Waals surface area contributed by atoms with Crippen molar-refractivity contribution in [2.24, 2.45) is 0 Å². The van der Waals surface area contributed by atoms with E-state index in [1.807, 2.05) is 26.0 Å². The molecule has 0 aliphatic heterocycles. The van der Waals surface area contributed by atoms with Crippen molar-refractivity contribution in [2.75, 3.05) is 18.0 Å². The number of carbonyl (C=O) groups excluding carboxylic acids is 2. The predicted octanol–water partition coefficient (Wildman–Crippen LogP) is 5.72. The third-order valence-corrected chi connectivity index (χ3v) is 9.64. The Kier molecular flexibility index (Phi) is 10.5. The number of benzene rings is 3. The van der Waals surface area contributed by atoms with E-state index in [-0.39, 0.29) is 23.4 Å². The monoisotopic (exact) mass is 611 g/mol. The molecule has 0 heterocycles. The predicted molar refractivity (Wildman–Crippen MR) is 165 cm³/mol. The van der Waals surface area contributed by atoms with Crippen molar-refractivity contribution in [2.45, 2.75) is 69.5 Å². The van der Waals surface area contributed by atoms with Crippen molar-refractivity contribution in [1.29, 1.82) is 0 Å². The molecule has 4 rings (SSSR count). The summed E-state index contributed by atoms with van der Waals surface area (Å²) in [7, 11) is -2.58. The average Bonchev–Trinajstić information content (AvgIpc) is 3.49. The lowest BCUT2D eigenvalue weighted by Crippen LogP contribution is -2.53. The second-order valence-electron chi connectivity index (χ2n) is 10.6. The maximum atomic E-state index is 14.2. The summed E-state index contributed by atoms with van der Waals surface area (Å²) in [5.74, 6) is -0.0479. The van der Waals surface area contributed by atoms with Gasteiger partial charge < -0.3 is 15.0 Å². The molecule has 224 valence electrons. The van der Waals surface area contributed by atoms with Crippen molar-refractivity contribution in [3.8, 4) is 5.75 Å². The molecule has 42 heavy (non-hydrogen) atoms. The standard InChI is InChI=1S/C32H38ClN3O5S/c1-4-30(32(38)34-26-7-5-6-8-26)35(21-24-11-17-28(41-3)18-12-24)31(37)22-36(27-15-9-23(2)10-16-27)42(39,40)29-19-13-25(33)14-20-29/h9-20,26,30H,4-8,21-22H2,1-3H3,(H,34,38). The van der Waals surface area contributed by atoms with Crippen LogP contribution in [0.25, 0.3) is 0 Å². The molecule has 1 aliphatic rings. The van der Waals surface area contributed by atoms with E-state index in [2.05, 4.69) is 5.32 Å². The van der Waals surface area contributed by atoms with Crippen molar-refractivity contribution in [3.05, 3.63) is 88.9 Å². The second-order valence-corrected chi connectivity index (χ2v) is 12.9. The van der Waals surface area contributed by atoms with Crippen molar-refractivity contribution in [1.82, 2.24) is 10.2 Å². The molecule has 0 bridgehead atoms. The van der Waals surface area contributed by atoms with Gasteiger partial charge in [-0.15, -0.1) is 0 Å². The number of sulfonamides is 1.